The molecule has 0 saturated heterocycles. The van der Waals surface area contributed by atoms with Gasteiger partial charge in [0, 0.05) is 11.3 Å². The van der Waals surface area contributed by atoms with Crippen LogP contribution in [-0.4, -0.2) is 12.2 Å². The van der Waals surface area contributed by atoms with E-state index in [1.165, 1.54) is 0 Å². The molecule has 3 heteroatoms. The molecule has 1 amide bonds. The number of amides is 1. The average Bonchev–Trinajstić information content (AvgIpc) is 2.43. The molecule has 0 spiro atoms. The number of nitrogens with one attached hydrogen (secondary N) is 1. The number of hydrogen-bond donors (Lipinski definition) is 1. The molecule has 0 aliphatic carbocycles. The van der Waals surface area contributed by atoms with Crippen molar-refractivity contribution in [1.29, 1.82) is 0 Å². The molecule has 0 radical (unpaired) electrons. The quantitative estimate of drug-likeness (QED) is 0.864. The van der Waals surface area contributed by atoms with E-state index in [0.717, 1.165) is 23.0 Å². The highest BCUT2D eigenvalue weighted by Crippen LogP contribution is 2.13. The van der Waals surface area contributed by atoms with Crippen LogP contribution in [-0.2, 0) is 11.2 Å². The van der Waals surface area contributed by atoms with E-state index in [2.05, 4.69) is 5.32 Å². The Labute approximate surface area is 118 Å². The minimum absolute atomic E-state index is 0.0578. The van der Waals surface area contributed by atoms with Gasteiger partial charge in [-0.15, -0.1) is 0 Å². The van der Waals surface area contributed by atoms with E-state index in [1.54, 1.807) is 24.3 Å². The normalized spacial score (nSPS) is 10.1. The van der Waals surface area contributed by atoms with Crippen molar-refractivity contribution in [3.63, 3.8) is 0 Å². The van der Waals surface area contributed by atoms with Gasteiger partial charge in [-0.1, -0.05) is 23.8 Å². The first kappa shape index (κ1) is 14.0. The number of aldehydes is 1. The number of hydrogen-bond acceptors (Lipinski definition) is 2. The molecule has 2 aromatic carbocycles. The second-order valence-electron chi connectivity index (χ2n) is 4.89. The number of carbonyl (C=O) groups excluding carboxylic acids is 2. The van der Waals surface area contributed by atoms with Gasteiger partial charge in [0.05, 0.1) is 6.42 Å². The van der Waals surface area contributed by atoms with Crippen LogP contribution in [0.25, 0.3) is 0 Å². The van der Waals surface area contributed by atoms with E-state index < -0.39 is 0 Å². The van der Waals surface area contributed by atoms with Gasteiger partial charge in [-0.25, -0.2) is 0 Å². The van der Waals surface area contributed by atoms with Crippen LogP contribution < -0.4 is 5.32 Å². The summed E-state index contributed by atoms with van der Waals surface area (Å²) in [6, 6.07) is 12.9. The van der Waals surface area contributed by atoms with E-state index in [4.69, 9.17) is 0 Å². The molecule has 2 aromatic rings. The standard InChI is InChI=1S/C17H17NO2/c1-12-3-4-13(2)15(9-12)10-17(20)18-16-7-5-14(11-19)6-8-16/h3-9,11H,10H2,1-2H3,(H,18,20). The monoisotopic (exact) mass is 267 g/mol. The van der Waals surface area contributed by atoms with Gasteiger partial charge in [0.1, 0.15) is 6.29 Å². The Morgan fingerprint density at radius 1 is 1.10 bits per heavy atom. The maximum absolute atomic E-state index is 12.0. The molecule has 3 nitrogen and oxygen atoms in total. The number of aryl methyl sites for hydroxylation is 2. The highest BCUT2D eigenvalue weighted by atomic mass is 16.1. The summed E-state index contributed by atoms with van der Waals surface area (Å²) < 4.78 is 0. The third-order valence-corrected chi connectivity index (χ3v) is 3.19. The molecule has 0 aliphatic heterocycles. The predicted molar refractivity (Wildman–Crippen MR) is 80.1 cm³/mol. The first-order valence-electron chi connectivity index (χ1n) is 6.50. The highest BCUT2D eigenvalue weighted by Gasteiger charge is 2.07. The predicted octanol–water partition coefficient (Wildman–Crippen LogP) is 3.30. The number of rotatable bonds is 4. The second kappa shape index (κ2) is 6.15. The summed E-state index contributed by atoms with van der Waals surface area (Å²) >= 11 is 0. The molecule has 102 valence electrons. The van der Waals surface area contributed by atoms with Gasteiger partial charge >= 0.3 is 0 Å². The fourth-order valence-corrected chi connectivity index (χ4v) is 2.01. The maximum atomic E-state index is 12.0. The van der Waals surface area contributed by atoms with Gasteiger partial charge in [-0.3, -0.25) is 9.59 Å². The lowest BCUT2D eigenvalue weighted by Crippen LogP contribution is -2.15. The summed E-state index contributed by atoms with van der Waals surface area (Å²) in [5, 5.41) is 2.83. The molecule has 20 heavy (non-hydrogen) atoms. The molecule has 0 atom stereocenters. The molecule has 0 bridgehead atoms. The van der Waals surface area contributed by atoms with Crippen molar-refractivity contribution < 1.29 is 9.59 Å². The Bertz CT molecular complexity index is 630. The van der Waals surface area contributed by atoms with Crippen LogP contribution >= 0.6 is 0 Å². The minimum Gasteiger partial charge on any atom is -0.326 e. The number of carbonyl (C=O) groups is 2. The van der Waals surface area contributed by atoms with Gasteiger partial charge < -0.3 is 5.32 Å². The van der Waals surface area contributed by atoms with E-state index in [1.807, 2.05) is 32.0 Å². The van der Waals surface area contributed by atoms with Crippen molar-refractivity contribution in [1.82, 2.24) is 0 Å². The molecule has 0 fully saturated rings. The van der Waals surface area contributed by atoms with E-state index in [9.17, 15) is 9.59 Å². The van der Waals surface area contributed by atoms with Crippen molar-refractivity contribution in [3.8, 4) is 0 Å². The van der Waals surface area contributed by atoms with Crippen LogP contribution in [0.4, 0.5) is 5.69 Å². The summed E-state index contributed by atoms with van der Waals surface area (Å²) in [5.41, 5.74) is 4.59. The molecular formula is C17H17NO2. The van der Waals surface area contributed by atoms with Gasteiger partial charge in [-0.05, 0) is 49.2 Å². The molecule has 0 saturated carbocycles. The fraction of sp³-hybridized carbons (Fsp3) is 0.176. The Kier molecular flexibility index (Phi) is 4.31. The summed E-state index contributed by atoms with van der Waals surface area (Å²) in [5.74, 6) is -0.0578. The van der Waals surface area contributed by atoms with Crippen molar-refractivity contribution in [2.75, 3.05) is 5.32 Å². The van der Waals surface area contributed by atoms with Crippen LogP contribution in [0.1, 0.15) is 27.0 Å². The molecule has 0 aromatic heterocycles. The topological polar surface area (TPSA) is 46.2 Å². The van der Waals surface area contributed by atoms with Crippen LogP contribution in [0.2, 0.25) is 0 Å². The van der Waals surface area contributed by atoms with E-state index in [0.29, 0.717) is 17.7 Å². The Morgan fingerprint density at radius 2 is 1.80 bits per heavy atom. The van der Waals surface area contributed by atoms with Crippen molar-refractivity contribution in [2.45, 2.75) is 20.3 Å². The first-order chi connectivity index (χ1) is 9.58. The zero-order valence-electron chi connectivity index (χ0n) is 11.6. The average molecular weight is 267 g/mol. The largest absolute Gasteiger partial charge is 0.326 e. The van der Waals surface area contributed by atoms with E-state index in [-0.39, 0.29) is 5.91 Å². The molecule has 0 aliphatic rings. The van der Waals surface area contributed by atoms with Crippen molar-refractivity contribution in [3.05, 3.63) is 64.7 Å². The zero-order valence-corrected chi connectivity index (χ0v) is 11.6. The Balaban J connectivity index is 2.04. The van der Waals surface area contributed by atoms with Crippen LogP contribution in [0.3, 0.4) is 0 Å². The molecule has 0 heterocycles. The van der Waals surface area contributed by atoms with Crippen molar-refractivity contribution >= 4 is 17.9 Å². The minimum atomic E-state index is -0.0578. The molecular weight excluding hydrogens is 250 g/mol. The van der Waals surface area contributed by atoms with Gasteiger partial charge in [0.15, 0.2) is 0 Å². The SMILES string of the molecule is Cc1ccc(C)c(CC(=O)Nc2ccc(C=O)cc2)c1. The summed E-state index contributed by atoms with van der Waals surface area (Å²) in [7, 11) is 0. The Morgan fingerprint density at radius 3 is 2.45 bits per heavy atom. The van der Waals surface area contributed by atoms with Gasteiger partial charge in [0.2, 0.25) is 5.91 Å². The van der Waals surface area contributed by atoms with Crippen LogP contribution in [0.5, 0.6) is 0 Å². The third kappa shape index (κ3) is 3.54. The fourth-order valence-electron chi connectivity index (χ4n) is 2.01. The zero-order chi connectivity index (χ0) is 14.5. The summed E-state index contributed by atoms with van der Waals surface area (Å²) in [4.78, 5) is 22.6. The van der Waals surface area contributed by atoms with Crippen molar-refractivity contribution in [2.24, 2.45) is 0 Å². The lowest BCUT2D eigenvalue weighted by Gasteiger charge is -2.08. The molecule has 2 rings (SSSR count). The number of anilines is 1. The van der Waals surface area contributed by atoms with Crippen LogP contribution in [0.15, 0.2) is 42.5 Å². The lowest BCUT2D eigenvalue weighted by molar-refractivity contribution is -0.115. The van der Waals surface area contributed by atoms with Gasteiger partial charge in [0.25, 0.3) is 0 Å². The maximum Gasteiger partial charge on any atom is 0.228 e. The molecule has 0 unspecified atom stereocenters. The lowest BCUT2D eigenvalue weighted by atomic mass is 10.0. The summed E-state index contributed by atoms with van der Waals surface area (Å²) in [6.07, 6.45) is 1.13. The smallest absolute Gasteiger partial charge is 0.228 e. The summed E-state index contributed by atoms with van der Waals surface area (Å²) in [6.45, 7) is 4.01. The number of benzene rings is 2. The second-order valence-corrected chi connectivity index (χ2v) is 4.89. The van der Waals surface area contributed by atoms with Crippen LogP contribution in [0, 0.1) is 13.8 Å². The first-order valence-corrected chi connectivity index (χ1v) is 6.50. The van der Waals surface area contributed by atoms with E-state index >= 15 is 0 Å². The molecule has 1 N–H and O–H groups in total. The highest BCUT2D eigenvalue weighted by molar-refractivity contribution is 5.92. The third-order valence-electron chi connectivity index (χ3n) is 3.19. The Hall–Kier alpha value is -2.42. The van der Waals surface area contributed by atoms with Gasteiger partial charge in [-0.2, -0.15) is 0 Å².